The van der Waals surface area contributed by atoms with Crippen LogP contribution in [0.3, 0.4) is 0 Å². The number of morpholine rings is 1. The van der Waals surface area contributed by atoms with Crippen LogP contribution in [0, 0.1) is 0 Å². The fourth-order valence-corrected chi connectivity index (χ4v) is 3.93. The number of methoxy groups -OCH3 is 1. The summed E-state index contributed by atoms with van der Waals surface area (Å²) < 4.78 is 40.8. The zero-order valence-corrected chi connectivity index (χ0v) is 14.4. The highest BCUT2D eigenvalue weighted by Crippen LogP contribution is 2.26. The first kappa shape index (κ1) is 18.7. The van der Waals surface area contributed by atoms with Gasteiger partial charge in [-0.15, -0.1) is 0 Å². The van der Waals surface area contributed by atoms with Crippen LogP contribution in [0.2, 0.25) is 5.02 Å². The zero-order chi connectivity index (χ0) is 17.7. The third-order valence-corrected chi connectivity index (χ3v) is 5.68. The number of rotatable bonds is 5. The molecule has 132 valence electrons. The van der Waals surface area contributed by atoms with Crippen molar-refractivity contribution >= 4 is 33.6 Å². The fraction of sp³-hybridized carbons (Fsp3) is 0.429. The number of esters is 2. The van der Waals surface area contributed by atoms with Crippen molar-refractivity contribution in [2.45, 2.75) is 4.90 Å². The number of ether oxygens (including phenoxy) is 3. The van der Waals surface area contributed by atoms with Crippen LogP contribution in [0.25, 0.3) is 0 Å². The Morgan fingerprint density at radius 3 is 2.58 bits per heavy atom. The minimum absolute atomic E-state index is 0.00832. The quantitative estimate of drug-likeness (QED) is 0.696. The van der Waals surface area contributed by atoms with Crippen LogP contribution < -0.4 is 0 Å². The van der Waals surface area contributed by atoms with Crippen molar-refractivity contribution in [1.82, 2.24) is 4.31 Å². The Morgan fingerprint density at radius 1 is 1.29 bits per heavy atom. The van der Waals surface area contributed by atoms with E-state index in [0.29, 0.717) is 0 Å². The molecule has 1 aliphatic heterocycles. The van der Waals surface area contributed by atoms with Crippen LogP contribution in [-0.4, -0.2) is 64.7 Å². The molecule has 1 aliphatic rings. The lowest BCUT2D eigenvalue weighted by Crippen LogP contribution is -2.40. The summed E-state index contributed by atoms with van der Waals surface area (Å²) in [5.74, 6) is -1.58. The maximum Gasteiger partial charge on any atom is 0.344 e. The highest BCUT2D eigenvalue weighted by atomic mass is 35.5. The first-order valence-corrected chi connectivity index (χ1v) is 8.79. The predicted octanol–water partition coefficient (Wildman–Crippen LogP) is 0.691. The second-order valence-corrected chi connectivity index (χ2v) is 7.13. The molecule has 0 aliphatic carbocycles. The average Bonchev–Trinajstić information content (AvgIpc) is 2.60. The van der Waals surface area contributed by atoms with E-state index in [2.05, 4.69) is 4.74 Å². The van der Waals surface area contributed by atoms with E-state index in [1.165, 1.54) is 16.4 Å². The maximum absolute atomic E-state index is 12.7. The Labute approximate surface area is 144 Å². The molecule has 0 amide bonds. The Bertz CT molecular complexity index is 729. The first-order valence-electron chi connectivity index (χ1n) is 6.97. The summed E-state index contributed by atoms with van der Waals surface area (Å²) in [6.07, 6.45) is 0. The average molecular weight is 378 g/mol. The van der Waals surface area contributed by atoms with Crippen molar-refractivity contribution in [3.05, 3.63) is 28.8 Å². The second kappa shape index (κ2) is 7.93. The SMILES string of the molecule is COC(=O)COC(=O)c1ccc(Cl)c(S(=O)(=O)N2CCOCC2)c1. The van der Waals surface area contributed by atoms with Gasteiger partial charge in [0.25, 0.3) is 0 Å². The number of nitrogens with zero attached hydrogens (tertiary/aromatic N) is 1. The Hall–Kier alpha value is -1.68. The molecule has 0 spiro atoms. The van der Waals surface area contributed by atoms with E-state index in [-0.39, 0.29) is 41.8 Å². The predicted molar refractivity (Wildman–Crippen MR) is 83.3 cm³/mol. The molecule has 0 N–H and O–H groups in total. The van der Waals surface area contributed by atoms with E-state index in [0.717, 1.165) is 13.2 Å². The summed E-state index contributed by atoms with van der Waals surface area (Å²) >= 11 is 5.99. The minimum Gasteiger partial charge on any atom is -0.466 e. The largest absolute Gasteiger partial charge is 0.466 e. The molecule has 1 saturated heterocycles. The van der Waals surface area contributed by atoms with Crippen LogP contribution in [0.1, 0.15) is 10.4 Å². The Kier molecular flexibility index (Phi) is 6.16. The molecule has 2 rings (SSSR count). The summed E-state index contributed by atoms with van der Waals surface area (Å²) in [6, 6.07) is 3.75. The van der Waals surface area contributed by atoms with Crippen LogP contribution >= 0.6 is 11.6 Å². The third-order valence-electron chi connectivity index (χ3n) is 3.30. The van der Waals surface area contributed by atoms with Crippen LogP contribution in [0.4, 0.5) is 0 Å². The zero-order valence-electron chi connectivity index (χ0n) is 12.9. The number of sulfonamides is 1. The van der Waals surface area contributed by atoms with Crippen LogP contribution in [0.15, 0.2) is 23.1 Å². The van der Waals surface area contributed by atoms with Gasteiger partial charge in [0.2, 0.25) is 10.0 Å². The lowest BCUT2D eigenvalue weighted by molar-refractivity contribution is -0.144. The molecule has 1 aromatic carbocycles. The van der Waals surface area contributed by atoms with E-state index in [1.807, 2.05) is 0 Å². The third kappa shape index (κ3) is 4.23. The van der Waals surface area contributed by atoms with Crippen molar-refractivity contribution in [3.8, 4) is 0 Å². The van der Waals surface area contributed by atoms with Gasteiger partial charge in [0.15, 0.2) is 6.61 Å². The van der Waals surface area contributed by atoms with Crippen molar-refractivity contribution in [2.75, 3.05) is 40.0 Å². The van der Waals surface area contributed by atoms with E-state index in [4.69, 9.17) is 21.1 Å². The number of hydrogen-bond acceptors (Lipinski definition) is 7. The molecule has 1 heterocycles. The lowest BCUT2D eigenvalue weighted by atomic mass is 10.2. The number of benzene rings is 1. The minimum atomic E-state index is -3.86. The number of hydrogen-bond donors (Lipinski definition) is 0. The molecule has 0 aromatic heterocycles. The molecular weight excluding hydrogens is 362 g/mol. The van der Waals surface area contributed by atoms with Crippen molar-refractivity contribution in [1.29, 1.82) is 0 Å². The topological polar surface area (TPSA) is 99.2 Å². The van der Waals surface area contributed by atoms with E-state index in [1.54, 1.807) is 0 Å². The van der Waals surface area contributed by atoms with E-state index in [9.17, 15) is 18.0 Å². The molecule has 0 saturated carbocycles. The molecule has 24 heavy (non-hydrogen) atoms. The van der Waals surface area contributed by atoms with Crippen molar-refractivity contribution < 1.29 is 32.2 Å². The molecule has 1 aromatic rings. The summed E-state index contributed by atoms with van der Waals surface area (Å²) in [4.78, 5) is 22.7. The van der Waals surface area contributed by atoms with E-state index < -0.39 is 28.6 Å². The number of halogens is 1. The standard InChI is InChI=1S/C14H16ClNO7S/c1-21-13(17)9-23-14(18)10-2-3-11(15)12(8-10)24(19,20)16-4-6-22-7-5-16/h2-3,8H,4-7,9H2,1H3. The Balaban J connectivity index is 2.24. The first-order chi connectivity index (χ1) is 11.4. The van der Waals surface area contributed by atoms with Crippen molar-refractivity contribution in [2.24, 2.45) is 0 Å². The van der Waals surface area contributed by atoms with Crippen LogP contribution in [0.5, 0.6) is 0 Å². The van der Waals surface area contributed by atoms with Gasteiger partial charge in [-0.3, -0.25) is 0 Å². The summed E-state index contributed by atoms with van der Waals surface area (Å²) in [5.41, 5.74) is -0.0323. The van der Waals surface area contributed by atoms with Gasteiger partial charge in [0.1, 0.15) is 4.90 Å². The Morgan fingerprint density at radius 2 is 1.96 bits per heavy atom. The molecule has 10 heteroatoms. The number of carbonyl (C=O) groups excluding carboxylic acids is 2. The normalized spacial score (nSPS) is 15.8. The smallest absolute Gasteiger partial charge is 0.344 e. The highest BCUT2D eigenvalue weighted by molar-refractivity contribution is 7.89. The molecule has 0 bridgehead atoms. The lowest BCUT2D eigenvalue weighted by Gasteiger charge is -2.26. The van der Waals surface area contributed by atoms with Gasteiger partial charge in [0.05, 0.1) is 30.9 Å². The van der Waals surface area contributed by atoms with Gasteiger partial charge in [0, 0.05) is 13.1 Å². The monoisotopic (exact) mass is 377 g/mol. The molecule has 0 radical (unpaired) electrons. The highest BCUT2D eigenvalue weighted by Gasteiger charge is 2.29. The van der Waals surface area contributed by atoms with Gasteiger partial charge < -0.3 is 14.2 Å². The molecular formula is C14H16ClNO7S. The van der Waals surface area contributed by atoms with Gasteiger partial charge in [-0.2, -0.15) is 4.31 Å². The van der Waals surface area contributed by atoms with E-state index >= 15 is 0 Å². The molecule has 0 atom stereocenters. The maximum atomic E-state index is 12.7. The summed E-state index contributed by atoms with van der Waals surface area (Å²) in [7, 11) is -2.70. The second-order valence-electron chi connectivity index (χ2n) is 4.81. The van der Waals surface area contributed by atoms with Gasteiger partial charge >= 0.3 is 11.9 Å². The fourth-order valence-electron chi connectivity index (χ4n) is 2.02. The van der Waals surface area contributed by atoms with Gasteiger partial charge in [-0.05, 0) is 18.2 Å². The number of carbonyl (C=O) groups is 2. The summed E-state index contributed by atoms with van der Waals surface area (Å²) in [6.45, 7) is 0.421. The van der Waals surface area contributed by atoms with Gasteiger partial charge in [-0.1, -0.05) is 11.6 Å². The molecule has 0 unspecified atom stereocenters. The molecule has 8 nitrogen and oxygen atoms in total. The summed E-state index contributed by atoms with van der Waals surface area (Å²) in [5, 5.41) is -0.00832. The van der Waals surface area contributed by atoms with Crippen molar-refractivity contribution in [3.63, 3.8) is 0 Å². The van der Waals surface area contributed by atoms with Crippen LogP contribution in [-0.2, 0) is 29.0 Å². The molecule has 1 fully saturated rings. The van der Waals surface area contributed by atoms with Gasteiger partial charge in [-0.25, -0.2) is 18.0 Å².